The van der Waals surface area contributed by atoms with Gasteiger partial charge in [0.05, 0.1) is 5.92 Å². The Labute approximate surface area is 121 Å². The molecule has 0 bridgehead atoms. The van der Waals surface area contributed by atoms with Crippen molar-refractivity contribution in [3.05, 3.63) is 20.7 Å². The predicted molar refractivity (Wildman–Crippen MR) is 77.0 cm³/mol. The number of amides is 1. The van der Waals surface area contributed by atoms with Gasteiger partial charge in [-0.15, -0.1) is 0 Å². The molecule has 1 atom stereocenters. The lowest BCUT2D eigenvalue weighted by Crippen LogP contribution is -2.33. The molecule has 0 saturated carbocycles. The molecule has 1 heterocycles. The zero-order valence-corrected chi connectivity index (χ0v) is 12.8. The highest BCUT2D eigenvalue weighted by Crippen LogP contribution is 2.05. The summed E-state index contributed by atoms with van der Waals surface area (Å²) in [4.78, 5) is 35.5. The zero-order valence-electron chi connectivity index (χ0n) is 12.0. The molecule has 1 N–H and O–H groups in total. The van der Waals surface area contributed by atoms with E-state index in [1.807, 2.05) is 6.92 Å². The molecule has 1 aromatic rings. The molecule has 1 unspecified atom stereocenters. The van der Waals surface area contributed by atoms with E-state index in [0.717, 1.165) is 17.0 Å². The van der Waals surface area contributed by atoms with E-state index in [2.05, 4.69) is 0 Å². The van der Waals surface area contributed by atoms with E-state index in [4.69, 9.17) is 5.11 Å². The van der Waals surface area contributed by atoms with Gasteiger partial charge in [0.1, 0.15) is 0 Å². The van der Waals surface area contributed by atoms with Crippen molar-refractivity contribution < 1.29 is 14.7 Å². The Kier molecular flexibility index (Phi) is 5.94. The van der Waals surface area contributed by atoms with E-state index in [-0.39, 0.29) is 17.3 Å². The molecule has 1 amide bonds. The van der Waals surface area contributed by atoms with Crippen LogP contribution >= 0.6 is 11.3 Å². The van der Waals surface area contributed by atoms with Gasteiger partial charge in [-0.3, -0.25) is 14.4 Å². The summed E-state index contributed by atoms with van der Waals surface area (Å²) in [7, 11) is 1.60. The number of aromatic nitrogens is 1. The van der Waals surface area contributed by atoms with Crippen LogP contribution in [0.1, 0.15) is 25.5 Å². The number of hydrogen-bond donors (Lipinski definition) is 1. The zero-order chi connectivity index (χ0) is 15.3. The number of thiazole rings is 1. The molecule has 7 heteroatoms. The molecule has 0 aromatic carbocycles. The molecule has 0 saturated heterocycles. The maximum atomic E-state index is 11.8. The smallest absolute Gasteiger partial charge is 0.308 e. The molecule has 1 rings (SSSR count). The second-order valence-corrected chi connectivity index (χ2v) is 5.73. The molecule has 6 nitrogen and oxygen atoms in total. The Morgan fingerprint density at radius 1 is 1.50 bits per heavy atom. The quantitative estimate of drug-likeness (QED) is 0.820. The summed E-state index contributed by atoms with van der Waals surface area (Å²) in [6.07, 6.45) is 0.882. The third kappa shape index (κ3) is 4.48. The SMILES string of the molecule is Cc1csc(=O)n1CCCC(=O)N(C)CC(C)C(=O)O. The van der Waals surface area contributed by atoms with E-state index in [9.17, 15) is 14.4 Å². The second-order valence-electron chi connectivity index (χ2n) is 4.91. The van der Waals surface area contributed by atoms with Crippen molar-refractivity contribution in [3.8, 4) is 0 Å². The van der Waals surface area contributed by atoms with Gasteiger partial charge in [-0.2, -0.15) is 0 Å². The van der Waals surface area contributed by atoms with Crippen molar-refractivity contribution in [1.82, 2.24) is 9.47 Å². The highest BCUT2D eigenvalue weighted by molar-refractivity contribution is 7.07. The van der Waals surface area contributed by atoms with Crippen molar-refractivity contribution in [3.63, 3.8) is 0 Å². The Hall–Kier alpha value is -1.63. The fourth-order valence-electron chi connectivity index (χ4n) is 1.84. The summed E-state index contributed by atoms with van der Waals surface area (Å²) in [6, 6.07) is 0. The largest absolute Gasteiger partial charge is 0.481 e. The Morgan fingerprint density at radius 3 is 2.65 bits per heavy atom. The Balaban J connectivity index is 2.40. The van der Waals surface area contributed by atoms with Crippen LogP contribution < -0.4 is 4.87 Å². The molecule has 0 aliphatic carbocycles. The first-order valence-corrected chi connectivity index (χ1v) is 7.32. The average molecular weight is 300 g/mol. The molecule has 0 spiro atoms. The normalized spacial score (nSPS) is 12.2. The molecule has 112 valence electrons. The molecule has 0 aliphatic heterocycles. The van der Waals surface area contributed by atoms with E-state index in [1.165, 1.54) is 4.90 Å². The number of carboxylic acids is 1. The van der Waals surface area contributed by atoms with Crippen LogP contribution in [0.2, 0.25) is 0 Å². The summed E-state index contributed by atoms with van der Waals surface area (Å²) in [5.41, 5.74) is 0.903. The monoisotopic (exact) mass is 300 g/mol. The second kappa shape index (κ2) is 7.23. The third-order valence-electron chi connectivity index (χ3n) is 3.14. The number of nitrogens with zero attached hydrogens (tertiary/aromatic N) is 2. The van der Waals surface area contributed by atoms with Crippen LogP contribution in [0.3, 0.4) is 0 Å². The number of aryl methyl sites for hydroxylation is 1. The number of carbonyl (C=O) groups excluding carboxylic acids is 1. The maximum Gasteiger partial charge on any atom is 0.308 e. The molecule has 20 heavy (non-hydrogen) atoms. The standard InChI is InChI=1S/C13H20N2O4S/c1-9(12(17)18)7-14(3)11(16)5-4-6-15-10(2)8-20-13(15)19/h8-9H,4-7H2,1-3H3,(H,17,18). The van der Waals surface area contributed by atoms with Gasteiger partial charge in [0, 0.05) is 37.6 Å². The van der Waals surface area contributed by atoms with Crippen molar-refractivity contribution in [2.24, 2.45) is 5.92 Å². The number of aliphatic carboxylic acids is 1. The number of carbonyl (C=O) groups is 2. The molecule has 0 radical (unpaired) electrons. The maximum absolute atomic E-state index is 11.8. The van der Waals surface area contributed by atoms with Gasteiger partial charge in [0.2, 0.25) is 5.91 Å². The van der Waals surface area contributed by atoms with Gasteiger partial charge in [-0.05, 0) is 13.3 Å². The van der Waals surface area contributed by atoms with Crippen LogP contribution in [0, 0.1) is 12.8 Å². The Morgan fingerprint density at radius 2 is 2.15 bits per heavy atom. The molecular weight excluding hydrogens is 280 g/mol. The van der Waals surface area contributed by atoms with Crippen molar-refractivity contribution >= 4 is 23.2 Å². The lowest BCUT2D eigenvalue weighted by atomic mass is 10.1. The van der Waals surface area contributed by atoms with Gasteiger partial charge >= 0.3 is 10.8 Å². The van der Waals surface area contributed by atoms with Gasteiger partial charge in [-0.25, -0.2) is 0 Å². The lowest BCUT2D eigenvalue weighted by molar-refractivity contribution is -0.142. The minimum Gasteiger partial charge on any atom is -0.481 e. The average Bonchev–Trinajstić information content (AvgIpc) is 2.69. The molecule has 0 fully saturated rings. The van der Waals surface area contributed by atoms with Crippen LogP contribution in [0.5, 0.6) is 0 Å². The van der Waals surface area contributed by atoms with E-state index in [1.54, 1.807) is 23.9 Å². The van der Waals surface area contributed by atoms with Crippen LogP contribution in [0.15, 0.2) is 10.2 Å². The fourth-order valence-corrected chi connectivity index (χ4v) is 2.61. The molecule has 0 aliphatic rings. The highest BCUT2D eigenvalue weighted by Gasteiger charge is 2.17. The molecule has 1 aromatic heterocycles. The van der Waals surface area contributed by atoms with Gasteiger partial charge in [-0.1, -0.05) is 18.3 Å². The fraction of sp³-hybridized carbons (Fsp3) is 0.615. The number of rotatable bonds is 7. The first-order chi connectivity index (χ1) is 9.32. The Bertz CT molecular complexity index is 535. The van der Waals surface area contributed by atoms with Crippen molar-refractivity contribution in [2.75, 3.05) is 13.6 Å². The predicted octanol–water partition coefficient (Wildman–Crippen LogP) is 1.18. The van der Waals surface area contributed by atoms with E-state index in [0.29, 0.717) is 19.4 Å². The number of hydrogen-bond acceptors (Lipinski definition) is 4. The van der Waals surface area contributed by atoms with E-state index < -0.39 is 11.9 Å². The van der Waals surface area contributed by atoms with Crippen LogP contribution in [-0.4, -0.2) is 40.0 Å². The topological polar surface area (TPSA) is 79.6 Å². The van der Waals surface area contributed by atoms with Crippen molar-refractivity contribution in [2.45, 2.75) is 33.2 Å². The van der Waals surface area contributed by atoms with Crippen LogP contribution in [-0.2, 0) is 16.1 Å². The summed E-state index contributed by atoms with van der Waals surface area (Å²) in [6.45, 7) is 4.15. The van der Waals surface area contributed by atoms with Crippen LogP contribution in [0.25, 0.3) is 0 Å². The van der Waals surface area contributed by atoms with Gasteiger partial charge in [0.25, 0.3) is 0 Å². The van der Waals surface area contributed by atoms with Crippen LogP contribution in [0.4, 0.5) is 0 Å². The summed E-state index contributed by atoms with van der Waals surface area (Å²) >= 11 is 1.15. The summed E-state index contributed by atoms with van der Waals surface area (Å²) in [5, 5.41) is 10.6. The summed E-state index contributed by atoms with van der Waals surface area (Å²) < 4.78 is 1.65. The summed E-state index contributed by atoms with van der Waals surface area (Å²) in [5.74, 6) is -1.59. The van der Waals surface area contributed by atoms with Gasteiger partial charge in [0.15, 0.2) is 0 Å². The first-order valence-electron chi connectivity index (χ1n) is 6.44. The highest BCUT2D eigenvalue weighted by atomic mass is 32.1. The third-order valence-corrected chi connectivity index (χ3v) is 4.02. The minimum atomic E-state index is -0.912. The van der Waals surface area contributed by atoms with Crippen molar-refractivity contribution in [1.29, 1.82) is 0 Å². The minimum absolute atomic E-state index is 0.0113. The molecular formula is C13H20N2O4S. The first kappa shape index (κ1) is 16.4. The lowest BCUT2D eigenvalue weighted by Gasteiger charge is -2.19. The number of carboxylic acid groups (broad SMARTS) is 1. The van der Waals surface area contributed by atoms with Gasteiger partial charge < -0.3 is 14.6 Å². The van der Waals surface area contributed by atoms with E-state index >= 15 is 0 Å².